The average molecular weight is 372 g/mol. The first-order valence-corrected chi connectivity index (χ1v) is 9.19. The van der Waals surface area contributed by atoms with Gasteiger partial charge in [0.2, 0.25) is 5.91 Å². The fourth-order valence-electron chi connectivity index (χ4n) is 2.90. The molecule has 0 unspecified atom stereocenters. The number of aliphatic hydroxyl groups excluding tert-OH is 1. The number of benzene rings is 1. The summed E-state index contributed by atoms with van der Waals surface area (Å²) in [6.45, 7) is 3.66. The number of nitrogens with zero attached hydrogens (tertiary/aromatic N) is 2. The maximum Gasteiger partial charge on any atom is 0.417 e. The molecule has 1 aliphatic heterocycles. The molecule has 1 fully saturated rings. The number of rotatable bonds is 5. The molecule has 26 heavy (non-hydrogen) atoms. The van der Waals surface area contributed by atoms with Crippen LogP contribution in [0.25, 0.3) is 6.08 Å². The van der Waals surface area contributed by atoms with Gasteiger partial charge in [0.05, 0.1) is 29.3 Å². The highest BCUT2D eigenvalue weighted by Gasteiger charge is 2.43. The van der Waals surface area contributed by atoms with Crippen LogP contribution in [0.1, 0.15) is 35.7 Å². The standard InChI is InChI=1S/C19H20N2O4S/c1-12-18(14-6-4-3-5-7-14)25-19(24)21(12)17(23)10-16(22)9-8-15-11-26-13(2)20-15/h3-9,11-12,16,18,22H,10H2,1-2H3/t12-,16+,18-/m0/s1. The molecule has 1 aliphatic rings. The lowest BCUT2D eigenvalue weighted by Gasteiger charge is -2.20. The van der Waals surface area contributed by atoms with E-state index < -0.39 is 30.3 Å². The van der Waals surface area contributed by atoms with Crippen molar-refractivity contribution in [3.05, 3.63) is 58.1 Å². The number of hydrogen-bond donors (Lipinski definition) is 1. The number of amides is 2. The van der Waals surface area contributed by atoms with E-state index in [9.17, 15) is 14.7 Å². The summed E-state index contributed by atoms with van der Waals surface area (Å²) < 4.78 is 5.36. The quantitative estimate of drug-likeness (QED) is 0.871. The van der Waals surface area contributed by atoms with Gasteiger partial charge in [0.25, 0.3) is 0 Å². The van der Waals surface area contributed by atoms with Crippen molar-refractivity contribution >= 4 is 29.4 Å². The molecule has 0 bridgehead atoms. The van der Waals surface area contributed by atoms with Crippen molar-refractivity contribution in [1.82, 2.24) is 9.88 Å². The number of ether oxygens (including phenoxy) is 1. The summed E-state index contributed by atoms with van der Waals surface area (Å²) in [4.78, 5) is 30.0. The molecular formula is C19H20N2O4S. The Labute approximate surface area is 155 Å². The van der Waals surface area contributed by atoms with Crippen molar-refractivity contribution in [1.29, 1.82) is 0 Å². The molecule has 0 aliphatic carbocycles. The largest absolute Gasteiger partial charge is 0.439 e. The van der Waals surface area contributed by atoms with Crippen molar-refractivity contribution in [2.75, 3.05) is 0 Å². The van der Waals surface area contributed by atoms with E-state index in [1.165, 1.54) is 17.4 Å². The summed E-state index contributed by atoms with van der Waals surface area (Å²) in [6, 6.07) is 8.87. The van der Waals surface area contributed by atoms with Crippen LogP contribution in [0.5, 0.6) is 0 Å². The highest BCUT2D eigenvalue weighted by Crippen LogP contribution is 2.32. The van der Waals surface area contributed by atoms with E-state index in [0.29, 0.717) is 0 Å². The van der Waals surface area contributed by atoms with Crippen LogP contribution in [0.15, 0.2) is 41.8 Å². The normalized spacial score (nSPS) is 21.2. The fraction of sp³-hybridized carbons (Fsp3) is 0.316. The number of imide groups is 1. The summed E-state index contributed by atoms with van der Waals surface area (Å²) in [7, 11) is 0. The highest BCUT2D eigenvalue weighted by molar-refractivity contribution is 7.09. The van der Waals surface area contributed by atoms with Gasteiger partial charge in [-0.2, -0.15) is 0 Å². The molecule has 0 saturated carbocycles. The van der Waals surface area contributed by atoms with Crippen molar-refractivity contribution < 1.29 is 19.4 Å². The number of aromatic nitrogens is 1. The van der Waals surface area contributed by atoms with Gasteiger partial charge in [0.1, 0.15) is 6.10 Å². The molecule has 2 amide bonds. The first-order chi connectivity index (χ1) is 12.5. The second kappa shape index (κ2) is 7.80. The van der Waals surface area contributed by atoms with Gasteiger partial charge in [-0.25, -0.2) is 14.7 Å². The Morgan fingerprint density at radius 1 is 1.42 bits per heavy atom. The molecule has 6 nitrogen and oxygen atoms in total. The topological polar surface area (TPSA) is 79.7 Å². The number of aryl methyl sites for hydroxylation is 1. The molecule has 1 aromatic carbocycles. The summed E-state index contributed by atoms with van der Waals surface area (Å²) in [6.07, 6.45) is 0.800. The molecule has 7 heteroatoms. The molecule has 1 N–H and O–H groups in total. The predicted octanol–water partition coefficient (Wildman–Crippen LogP) is 3.32. The average Bonchev–Trinajstić information content (AvgIpc) is 3.16. The third-order valence-electron chi connectivity index (χ3n) is 4.18. The molecule has 1 saturated heterocycles. The molecular weight excluding hydrogens is 352 g/mol. The molecule has 2 aromatic rings. The van der Waals surface area contributed by atoms with Gasteiger partial charge >= 0.3 is 6.09 Å². The minimum atomic E-state index is -1.000. The molecule has 3 rings (SSSR count). The number of carbonyl (C=O) groups excluding carboxylic acids is 2. The maximum atomic E-state index is 12.5. The van der Waals surface area contributed by atoms with E-state index in [4.69, 9.17) is 4.74 Å². The molecule has 0 spiro atoms. The maximum absolute atomic E-state index is 12.5. The van der Waals surface area contributed by atoms with E-state index in [-0.39, 0.29) is 6.42 Å². The van der Waals surface area contributed by atoms with Crippen LogP contribution in [-0.2, 0) is 9.53 Å². The number of cyclic esters (lactones) is 1. The van der Waals surface area contributed by atoms with Crippen LogP contribution in [-0.4, -0.2) is 39.1 Å². The van der Waals surface area contributed by atoms with E-state index in [1.54, 1.807) is 13.0 Å². The lowest BCUT2D eigenvalue weighted by molar-refractivity contribution is -0.130. The van der Waals surface area contributed by atoms with Gasteiger partial charge < -0.3 is 9.84 Å². The van der Waals surface area contributed by atoms with Gasteiger partial charge in [0.15, 0.2) is 0 Å². The molecule has 136 valence electrons. The van der Waals surface area contributed by atoms with Crippen molar-refractivity contribution in [3.63, 3.8) is 0 Å². The van der Waals surface area contributed by atoms with E-state index >= 15 is 0 Å². The Morgan fingerprint density at radius 3 is 2.81 bits per heavy atom. The van der Waals surface area contributed by atoms with Gasteiger partial charge in [-0.1, -0.05) is 36.4 Å². The summed E-state index contributed by atoms with van der Waals surface area (Å²) >= 11 is 1.51. The second-order valence-electron chi connectivity index (χ2n) is 6.14. The summed E-state index contributed by atoms with van der Waals surface area (Å²) in [5.74, 6) is -0.465. The van der Waals surface area contributed by atoms with Crippen LogP contribution in [0.3, 0.4) is 0 Å². The van der Waals surface area contributed by atoms with Crippen LogP contribution in [0.2, 0.25) is 0 Å². The van der Waals surface area contributed by atoms with Gasteiger partial charge in [-0.05, 0) is 25.5 Å². The van der Waals surface area contributed by atoms with E-state index in [1.807, 2.05) is 42.6 Å². The first-order valence-electron chi connectivity index (χ1n) is 8.31. The predicted molar refractivity (Wildman–Crippen MR) is 98.5 cm³/mol. The van der Waals surface area contributed by atoms with Crippen LogP contribution >= 0.6 is 11.3 Å². The number of carbonyl (C=O) groups is 2. The Balaban J connectivity index is 1.63. The Kier molecular flexibility index (Phi) is 5.49. The lowest BCUT2D eigenvalue weighted by atomic mass is 10.0. The van der Waals surface area contributed by atoms with E-state index in [0.717, 1.165) is 21.2 Å². The van der Waals surface area contributed by atoms with Crippen molar-refractivity contribution in [3.8, 4) is 0 Å². The number of hydrogen-bond acceptors (Lipinski definition) is 6. The van der Waals surface area contributed by atoms with Crippen molar-refractivity contribution in [2.24, 2.45) is 0 Å². The first kappa shape index (κ1) is 18.3. The minimum absolute atomic E-state index is 0.194. The summed E-state index contributed by atoms with van der Waals surface area (Å²) in [5, 5.41) is 12.9. The smallest absolute Gasteiger partial charge is 0.417 e. The number of aliphatic hydroxyl groups is 1. The van der Waals surface area contributed by atoms with Gasteiger partial charge in [-0.15, -0.1) is 11.3 Å². The molecule has 0 radical (unpaired) electrons. The van der Waals surface area contributed by atoms with Crippen molar-refractivity contribution in [2.45, 2.75) is 38.5 Å². The Bertz CT molecular complexity index is 818. The zero-order valence-corrected chi connectivity index (χ0v) is 15.3. The monoisotopic (exact) mass is 372 g/mol. The Hall–Kier alpha value is -2.51. The second-order valence-corrected chi connectivity index (χ2v) is 7.20. The Morgan fingerprint density at radius 2 is 2.15 bits per heavy atom. The van der Waals surface area contributed by atoms with Crippen LogP contribution in [0.4, 0.5) is 4.79 Å². The SMILES string of the molecule is Cc1nc(C=C[C@@H](O)CC(=O)N2C(=O)O[C@H](c3ccccc3)[C@@H]2C)cs1. The highest BCUT2D eigenvalue weighted by atomic mass is 32.1. The number of thiazole rings is 1. The molecule has 1 aromatic heterocycles. The third kappa shape index (κ3) is 4.00. The zero-order valence-electron chi connectivity index (χ0n) is 14.5. The van der Waals surface area contributed by atoms with Crippen LogP contribution < -0.4 is 0 Å². The van der Waals surface area contributed by atoms with Gasteiger partial charge in [-0.3, -0.25) is 4.79 Å². The fourth-order valence-corrected chi connectivity index (χ4v) is 3.48. The zero-order chi connectivity index (χ0) is 18.7. The summed E-state index contributed by atoms with van der Waals surface area (Å²) in [5.41, 5.74) is 1.57. The van der Waals surface area contributed by atoms with E-state index in [2.05, 4.69) is 4.98 Å². The third-order valence-corrected chi connectivity index (χ3v) is 4.97. The molecule has 2 heterocycles. The van der Waals surface area contributed by atoms with Crippen LogP contribution in [0, 0.1) is 6.92 Å². The molecule has 3 atom stereocenters. The lowest BCUT2D eigenvalue weighted by Crippen LogP contribution is -2.39. The minimum Gasteiger partial charge on any atom is -0.439 e. The van der Waals surface area contributed by atoms with Gasteiger partial charge in [0, 0.05) is 5.38 Å².